The summed E-state index contributed by atoms with van der Waals surface area (Å²) < 4.78 is 7.25. The fourth-order valence-electron chi connectivity index (χ4n) is 2.79. The largest absolute Gasteiger partial charge is 0.486 e. The summed E-state index contributed by atoms with van der Waals surface area (Å²) in [5, 5.41) is 12.6. The van der Waals surface area contributed by atoms with Crippen molar-refractivity contribution in [1.82, 2.24) is 20.3 Å². The van der Waals surface area contributed by atoms with Gasteiger partial charge >= 0.3 is 0 Å². The fraction of sp³-hybridized carbons (Fsp3) is 0.150. The summed E-state index contributed by atoms with van der Waals surface area (Å²) in [5.74, 6) is -1.23. The Hall–Kier alpha value is -3.07. The smallest absolute Gasteiger partial charge is 0.279 e. The highest BCUT2D eigenvalue weighted by Crippen LogP contribution is 2.28. The average Bonchev–Trinajstić information content (AvgIpc) is 3.09. The van der Waals surface area contributed by atoms with Crippen molar-refractivity contribution < 1.29 is 19.5 Å². The van der Waals surface area contributed by atoms with Gasteiger partial charge in [-0.1, -0.05) is 35.3 Å². The van der Waals surface area contributed by atoms with E-state index in [-0.39, 0.29) is 30.2 Å². The second-order valence-corrected chi connectivity index (χ2v) is 7.17. The Morgan fingerprint density at radius 1 is 1.17 bits per heavy atom. The van der Waals surface area contributed by atoms with Crippen LogP contribution in [-0.4, -0.2) is 26.6 Å². The first kappa shape index (κ1) is 21.6. The standard InChI is InChI=1S/C20H18Cl2N4O4/c1-26-10-14(19(27)25-29)18(30-11-12-4-5-15(21)16(22)7-12)17(26)20(28)24-9-13-3-2-6-23-8-13/h2-8,10,29H,9,11H2,1H3,(H,24,28)(H,25,27). The molecular formula is C20H18Cl2N4O4. The number of nitrogens with one attached hydrogen (secondary N) is 2. The second kappa shape index (κ2) is 9.62. The molecule has 2 heterocycles. The summed E-state index contributed by atoms with van der Waals surface area (Å²) in [6.45, 7) is 0.265. The Morgan fingerprint density at radius 3 is 2.63 bits per heavy atom. The number of pyridine rings is 1. The molecule has 10 heteroatoms. The Kier molecular flexibility index (Phi) is 6.94. The molecule has 0 unspecified atom stereocenters. The molecule has 0 saturated carbocycles. The van der Waals surface area contributed by atoms with Crippen LogP contribution in [0.1, 0.15) is 32.0 Å². The van der Waals surface area contributed by atoms with Crippen LogP contribution in [0.25, 0.3) is 0 Å². The summed E-state index contributed by atoms with van der Waals surface area (Å²) in [6, 6.07) is 8.55. The van der Waals surface area contributed by atoms with Gasteiger partial charge in [-0.15, -0.1) is 0 Å². The summed E-state index contributed by atoms with van der Waals surface area (Å²) >= 11 is 12.0. The van der Waals surface area contributed by atoms with Crippen molar-refractivity contribution in [2.45, 2.75) is 13.2 Å². The van der Waals surface area contributed by atoms with Gasteiger partial charge in [-0.3, -0.25) is 19.8 Å². The Morgan fingerprint density at radius 2 is 1.97 bits per heavy atom. The van der Waals surface area contributed by atoms with Crippen LogP contribution >= 0.6 is 23.2 Å². The average molecular weight is 449 g/mol. The molecule has 30 heavy (non-hydrogen) atoms. The summed E-state index contributed by atoms with van der Waals surface area (Å²) in [4.78, 5) is 28.9. The number of hydrogen-bond donors (Lipinski definition) is 3. The van der Waals surface area contributed by atoms with E-state index in [2.05, 4.69) is 10.3 Å². The molecule has 0 aliphatic heterocycles. The Balaban J connectivity index is 1.86. The number of amides is 2. The minimum atomic E-state index is -0.805. The van der Waals surface area contributed by atoms with Crippen molar-refractivity contribution in [3.05, 3.63) is 81.4 Å². The van der Waals surface area contributed by atoms with Crippen LogP contribution in [0.4, 0.5) is 0 Å². The maximum absolute atomic E-state index is 12.8. The van der Waals surface area contributed by atoms with Gasteiger partial charge in [0, 0.05) is 32.2 Å². The third-order valence-corrected chi connectivity index (χ3v) is 4.98. The SMILES string of the molecule is Cn1cc(C(=O)NO)c(OCc2ccc(Cl)c(Cl)c2)c1C(=O)NCc1cccnc1. The highest BCUT2D eigenvalue weighted by atomic mass is 35.5. The van der Waals surface area contributed by atoms with Crippen molar-refractivity contribution in [2.75, 3.05) is 0 Å². The van der Waals surface area contributed by atoms with Crippen LogP contribution in [0.2, 0.25) is 10.0 Å². The van der Waals surface area contributed by atoms with E-state index in [0.29, 0.717) is 15.6 Å². The second-order valence-electron chi connectivity index (χ2n) is 6.35. The van der Waals surface area contributed by atoms with E-state index in [1.54, 1.807) is 49.2 Å². The van der Waals surface area contributed by atoms with Gasteiger partial charge in [-0.05, 0) is 29.3 Å². The van der Waals surface area contributed by atoms with E-state index in [1.165, 1.54) is 10.8 Å². The molecule has 0 spiro atoms. The number of carbonyl (C=O) groups is 2. The molecule has 1 aromatic carbocycles. The van der Waals surface area contributed by atoms with Crippen molar-refractivity contribution in [2.24, 2.45) is 7.05 Å². The maximum atomic E-state index is 12.8. The number of halogens is 2. The van der Waals surface area contributed by atoms with E-state index in [9.17, 15) is 9.59 Å². The minimum Gasteiger partial charge on any atom is -0.486 e. The number of hydrogen-bond acceptors (Lipinski definition) is 5. The van der Waals surface area contributed by atoms with Gasteiger partial charge in [-0.25, -0.2) is 5.48 Å². The first-order chi connectivity index (χ1) is 14.4. The number of nitrogens with zero attached hydrogens (tertiary/aromatic N) is 2. The first-order valence-corrected chi connectivity index (χ1v) is 9.54. The third-order valence-electron chi connectivity index (χ3n) is 4.24. The lowest BCUT2D eigenvalue weighted by molar-refractivity contribution is 0.0702. The molecular weight excluding hydrogens is 431 g/mol. The van der Waals surface area contributed by atoms with Crippen molar-refractivity contribution >= 4 is 35.0 Å². The first-order valence-electron chi connectivity index (χ1n) is 8.78. The number of aromatic nitrogens is 2. The zero-order valence-corrected chi connectivity index (χ0v) is 17.4. The number of ether oxygens (including phenoxy) is 1. The number of rotatable bonds is 7. The fourth-order valence-corrected chi connectivity index (χ4v) is 3.11. The lowest BCUT2D eigenvalue weighted by Gasteiger charge is -2.12. The van der Waals surface area contributed by atoms with Gasteiger partial charge in [0.15, 0.2) is 5.75 Å². The molecule has 3 N–H and O–H groups in total. The highest BCUT2D eigenvalue weighted by molar-refractivity contribution is 6.42. The van der Waals surface area contributed by atoms with Crippen LogP contribution in [-0.2, 0) is 20.2 Å². The molecule has 0 saturated heterocycles. The molecule has 3 aromatic rings. The molecule has 0 fully saturated rings. The van der Waals surface area contributed by atoms with Crippen LogP contribution in [0, 0.1) is 0 Å². The van der Waals surface area contributed by atoms with E-state index in [1.807, 2.05) is 6.07 Å². The van der Waals surface area contributed by atoms with Crippen LogP contribution < -0.4 is 15.5 Å². The minimum absolute atomic E-state index is 0.00610. The number of carbonyl (C=O) groups excluding carboxylic acids is 2. The van der Waals surface area contributed by atoms with Gasteiger partial charge in [-0.2, -0.15) is 0 Å². The van der Waals surface area contributed by atoms with Gasteiger partial charge in [0.1, 0.15) is 17.9 Å². The summed E-state index contributed by atoms with van der Waals surface area (Å²) in [7, 11) is 1.60. The van der Waals surface area contributed by atoms with E-state index in [4.69, 9.17) is 33.1 Å². The maximum Gasteiger partial charge on any atom is 0.279 e. The predicted octanol–water partition coefficient (Wildman–Crippen LogP) is 3.35. The number of aryl methyl sites for hydroxylation is 1. The van der Waals surface area contributed by atoms with Crippen LogP contribution in [0.5, 0.6) is 5.75 Å². The summed E-state index contributed by atoms with van der Waals surface area (Å²) in [6.07, 6.45) is 4.67. The number of hydroxylamine groups is 1. The van der Waals surface area contributed by atoms with Crippen LogP contribution in [0.3, 0.4) is 0 Å². The Labute approximate surface area is 182 Å². The molecule has 2 amide bonds. The molecule has 0 aliphatic rings. The molecule has 0 atom stereocenters. The molecule has 0 bridgehead atoms. The van der Waals surface area contributed by atoms with Gasteiger partial charge in [0.2, 0.25) is 0 Å². The Bertz CT molecular complexity index is 1070. The zero-order valence-electron chi connectivity index (χ0n) is 15.9. The lowest BCUT2D eigenvalue weighted by Crippen LogP contribution is -2.25. The normalized spacial score (nSPS) is 10.5. The molecule has 156 valence electrons. The van der Waals surface area contributed by atoms with Crippen molar-refractivity contribution in [1.29, 1.82) is 0 Å². The topological polar surface area (TPSA) is 105 Å². The summed E-state index contributed by atoms with van der Waals surface area (Å²) in [5.41, 5.74) is 3.19. The predicted molar refractivity (Wildman–Crippen MR) is 111 cm³/mol. The van der Waals surface area contributed by atoms with Gasteiger partial charge < -0.3 is 14.6 Å². The molecule has 3 rings (SSSR count). The number of benzene rings is 1. The molecule has 8 nitrogen and oxygen atoms in total. The lowest BCUT2D eigenvalue weighted by atomic mass is 10.2. The van der Waals surface area contributed by atoms with E-state index < -0.39 is 11.8 Å². The van der Waals surface area contributed by atoms with Crippen molar-refractivity contribution in [3.8, 4) is 5.75 Å². The molecule has 0 aliphatic carbocycles. The zero-order chi connectivity index (χ0) is 21.7. The van der Waals surface area contributed by atoms with Gasteiger partial charge in [0.05, 0.1) is 10.0 Å². The van der Waals surface area contributed by atoms with Crippen LogP contribution in [0.15, 0.2) is 48.9 Å². The third kappa shape index (κ3) is 4.91. The monoisotopic (exact) mass is 448 g/mol. The quantitative estimate of drug-likeness (QED) is 0.379. The van der Waals surface area contributed by atoms with Crippen molar-refractivity contribution in [3.63, 3.8) is 0 Å². The van der Waals surface area contributed by atoms with E-state index in [0.717, 1.165) is 5.56 Å². The highest BCUT2D eigenvalue weighted by Gasteiger charge is 2.26. The van der Waals surface area contributed by atoms with E-state index >= 15 is 0 Å². The molecule has 2 aromatic heterocycles. The van der Waals surface area contributed by atoms with Gasteiger partial charge in [0.25, 0.3) is 11.8 Å². The molecule has 0 radical (unpaired) electrons.